The summed E-state index contributed by atoms with van der Waals surface area (Å²) in [5.41, 5.74) is 6.10. The molecule has 0 fully saturated rings. The third kappa shape index (κ3) is 1.11. The summed E-state index contributed by atoms with van der Waals surface area (Å²) in [7, 11) is 1.53. The van der Waals surface area contributed by atoms with Gasteiger partial charge in [0.1, 0.15) is 17.4 Å². The Morgan fingerprint density at radius 1 is 1.46 bits per heavy atom. The fourth-order valence-electron chi connectivity index (χ4n) is 1.35. The average Bonchev–Trinajstić information content (AvgIpc) is 2.48. The third-order valence-corrected chi connectivity index (χ3v) is 1.94. The van der Waals surface area contributed by atoms with Crippen LogP contribution >= 0.6 is 0 Å². The van der Waals surface area contributed by atoms with E-state index in [1.54, 1.807) is 12.1 Å². The van der Waals surface area contributed by atoms with E-state index in [-0.39, 0.29) is 5.82 Å². The number of H-pyrrole nitrogens is 1. The topological polar surface area (TPSA) is 51.0 Å². The SMILES string of the molecule is COc1ccc(F)c2cc(N)[nH]c12. The molecule has 1 aromatic carbocycles. The van der Waals surface area contributed by atoms with Gasteiger partial charge in [-0.05, 0) is 18.2 Å². The number of fused-ring (bicyclic) bond motifs is 1. The Hall–Kier alpha value is -1.71. The molecule has 0 amide bonds. The molecule has 3 nitrogen and oxygen atoms in total. The zero-order chi connectivity index (χ0) is 9.42. The summed E-state index contributed by atoms with van der Waals surface area (Å²) in [4.78, 5) is 2.83. The highest BCUT2D eigenvalue weighted by Crippen LogP contribution is 2.28. The number of anilines is 1. The molecule has 0 aliphatic heterocycles. The van der Waals surface area contributed by atoms with Crippen molar-refractivity contribution in [3.8, 4) is 5.75 Å². The molecule has 13 heavy (non-hydrogen) atoms. The zero-order valence-corrected chi connectivity index (χ0v) is 7.10. The number of benzene rings is 1. The fraction of sp³-hybridized carbons (Fsp3) is 0.111. The number of hydrogen-bond acceptors (Lipinski definition) is 2. The van der Waals surface area contributed by atoms with Crippen LogP contribution in [0, 0.1) is 5.82 Å². The summed E-state index contributed by atoms with van der Waals surface area (Å²) in [6, 6.07) is 4.47. The van der Waals surface area contributed by atoms with Gasteiger partial charge in [0, 0.05) is 5.39 Å². The molecule has 0 aliphatic rings. The summed E-state index contributed by atoms with van der Waals surface area (Å²) in [6.45, 7) is 0. The minimum absolute atomic E-state index is 0.302. The molecule has 0 saturated carbocycles. The second kappa shape index (κ2) is 2.65. The van der Waals surface area contributed by atoms with Crippen molar-refractivity contribution < 1.29 is 9.13 Å². The summed E-state index contributed by atoms with van der Waals surface area (Å²) in [6.07, 6.45) is 0. The van der Waals surface area contributed by atoms with Crippen LogP contribution in [0.4, 0.5) is 10.2 Å². The highest BCUT2D eigenvalue weighted by atomic mass is 19.1. The van der Waals surface area contributed by atoms with Crippen molar-refractivity contribution in [2.75, 3.05) is 12.8 Å². The quantitative estimate of drug-likeness (QED) is 0.704. The zero-order valence-electron chi connectivity index (χ0n) is 7.10. The van der Waals surface area contributed by atoms with E-state index in [0.29, 0.717) is 22.5 Å². The maximum absolute atomic E-state index is 13.2. The standard InChI is InChI=1S/C9H9FN2O/c1-13-7-3-2-6(10)5-4-8(11)12-9(5)7/h2-4,12H,11H2,1H3. The van der Waals surface area contributed by atoms with Gasteiger partial charge in [-0.2, -0.15) is 0 Å². The maximum atomic E-state index is 13.2. The van der Waals surface area contributed by atoms with Crippen LogP contribution in [0.1, 0.15) is 0 Å². The third-order valence-electron chi connectivity index (χ3n) is 1.94. The Kier molecular flexibility index (Phi) is 1.62. The predicted molar refractivity (Wildman–Crippen MR) is 49.2 cm³/mol. The van der Waals surface area contributed by atoms with E-state index in [1.165, 1.54) is 13.2 Å². The van der Waals surface area contributed by atoms with Crippen molar-refractivity contribution >= 4 is 16.7 Å². The van der Waals surface area contributed by atoms with Crippen molar-refractivity contribution in [1.29, 1.82) is 0 Å². The van der Waals surface area contributed by atoms with Crippen LogP contribution < -0.4 is 10.5 Å². The van der Waals surface area contributed by atoms with Gasteiger partial charge < -0.3 is 15.5 Å². The van der Waals surface area contributed by atoms with Gasteiger partial charge in [0.2, 0.25) is 0 Å². The summed E-state index contributed by atoms with van der Waals surface area (Å²) >= 11 is 0. The first-order chi connectivity index (χ1) is 6.22. The van der Waals surface area contributed by atoms with E-state index in [1.807, 2.05) is 0 Å². The van der Waals surface area contributed by atoms with E-state index in [2.05, 4.69) is 4.98 Å². The van der Waals surface area contributed by atoms with Crippen LogP contribution in [0.25, 0.3) is 10.9 Å². The minimum Gasteiger partial charge on any atom is -0.495 e. The maximum Gasteiger partial charge on any atom is 0.143 e. The number of nitrogens with one attached hydrogen (secondary N) is 1. The van der Waals surface area contributed by atoms with E-state index in [4.69, 9.17) is 10.5 Å². The van der Waals surface area contributed by atoms with Crippen molar-refractivity contribution in [1.82, 2.24) is 4.98 Å². The van der Waals surface area contributed by atoms with Crippen molar-refractivity contribution in [2.24, 2.45) is 0 Å². The summed E-state index contributed by atoms with van der Waals surface area (Å²) in [5.74, 6) is 0.718. The minimum atomic E-state index is -0.302. The van der Waals surface area contributed by atoms with Gasteiger partial charge in [-0.3, -0.25) is 0 Å². The van der Waals surface area contributed by atoms with Gasteiger partial charge in [-0.1, -0.05) is 0 Å². The van der Waals surface area contributed by atoms with E-state index < -0.39 is 0 Å². The van der Waals surface area contributed by atoms with Gasteiger partial charge in [-0.15, -0.1) is 0 Å². The molecule has 0 spiro atoms. The van der Waals surface area contributed by atoms with E-state index >= 15 is 0 Å². The van der Waals surface area contributed by atoms with Crippen molar-refractivity contribution in [2.45, 2.75) is 0 Å². The monoisotopic (exact) mass is 180 g/mol. The van der Waals surface area contributed by atoms with Gasteiger partial charge in [0.15, 0.2) is 0 Å². The molecule has 0 saturated heterocycles. The normalized spacial score (nSPS) is 10.6. The number of hydrogen-bond donors (Lipinski definition) is 2. The number of nitrogen functional groups attached to an aromatic ring is 1. The van der Waals surface area contributed by atoms with Gasteiger partial charge in [0.05, 0.1) is 12.6 Å². The molecule has 1 heterocycles. The number of nitrogens with two attached hydrogens (primary N) is 1. The van der Waals surface area contributed by atoms with Crippen LogP contribution in [-0.2, 0) is 0 Å². The molecule has 3 N–H and O–H groups in total. The first kappa shape index (κ1) is 7.91. The molecule has 0 radical (unpaired) electrons. The first-order valence-electron chi connectivity index (χ1n) is 3.83. The van der Waals surface area contributed by atoms with Crippen LogP contribution in [-0.4, -0.2) is 12.1 Å². The van der Waals surface area contributed by atoms with Gasteiger partial charge >= 0.3 is 0 Å². The van der Waals surface area contributed by atoms with E-state index in [9.17, 15) is 4.39 Å². The molecular formula is C9H9FN2O. The van der Waals surface area contributed by atoms with Crippen LogP contribution in [0.5, 0.6) is 5.75 Å². The average molecular weight is 180 g/mol. The van der Waals surface area contributed by atoms with Crippen LogP contribution in [0.2, 0.25) is 0 Å². The van der Waals surface area contributed by atoms with Gasteiger partial charge in [0.25, 0.3) is 0 Å². The molecule has 2 aromatic rings. The number of ether oxygens (including phenoxy) is 1. The van der Waals surface area contributed by atoms with Crippen LogP contribution in [0.3, 0.4) is 0 Å². The Balaban J connectivity index is 2.83. The molecule has 2 rings (SSSR count). The second-order valence-electron chi connectivity index (χ2n) is 2.76. The predicted octanol–water partition coefficient (Wildman–Crippen LogP) is 1.90. The van der Waals surface area contributed by atoms with Gasteiger partial charge in [-0.25, -0.2) is 4.39 Å². The Labute approximate surface area is 74.3 Å². The number of aromatic nitrogens is 1. The largest absolute Gasteiger partial charge is 0.495 e. The molecule has 0 atom stereocenters. The Morgan fingerprint density at radius 2 is 2.23 bits per heavy atom. The summed E-state index contributed by atoms with van der Waals surface area (Å²) in [5, 5.41) is 0.455. The highest BCUT2D eigenvalue weighted by Gasteiger charge is 2.08. The molecule has 0 unspecified atom stereocenters. The number of methoxy groups -OCH3 is 1. The second-order valence-corrected chi connectivity index (χ2v) is 2.76. The lowest BCUT2D eigenvalue weighted by molar-refractivity contribution is 0.418. The molecule has 68 valence electrons. The molecule has 0 bridgehead atoms. The van der Waals surface area contributed by atoms with Crippen molar-refractivity contribution in [3.05, 3.63) is 24.0 Å². The van der Waals surface area contributed by atoms with Crippen LogP contribution in [0.15, 0.2) is 18.2 Å². The number of halogens is 1. The lowest BCUT2D eigenvalue weighted by atomic mass is 10.2. The summed E-state index contributed by atoms with van der Waals surface area (Å²) < 4.78 is 18.2. The number of aromatic amines is 1. The molecule has 0 aliphatic carbocycles. The lowest BCUT2D eigenvalue weighted by Gasteiger charge is -2.00. The highest BCUT2D eigenvalue weighted by molar-refractivity contribution is 5.88. The molecule has 1 aromatic heterocycles. The molecule has 4 heteroatoms. The lowest BCUT2D eigenvalue weighted by Crippen LogP contribution is -1.86. The molecular weight excluding hydrogens is 171 g/mol. The van der Waals surface area contributed by atoms with E-state index in [0.717, 1.165) is 0 Å². The number of rotatable bonds is 1. The Morgan fingerprint density at radius 3 is 2.92 bits per heavy atom. The fourth-order valence-corrected chi connectivity index (χ4v) is 1.35. The Bertz CT molecular complexity index is 450. The van der Waals surface area contributed by atoms with Crippen molar-refractivity contribution in [3.63, 3.8) is 0 Å². The first-order valence-corrected chi connectivity index (χ1v) is 3.83. The smallest absolute Gasteiger partial charge is 0.143 e.